The number of ether oxygens (including phenoxy) is 1. The summed E-state index contributed by atoms with van der Waals surface area (Å²) in [6.07, 6.45) is 5.34. The Morgan fingerprint density at radius 1 is 1.18 bits per heavy atom. The van der Waals surface area contributed by atoms with Crippen molar-refractivity contribution in [2.45, 2.75) is 71.4 Å². The quantitative estimate of drug-likeness (QED) is 0.503. The molecule has 1 saturated heterocycles. The van der Waals surface area contributed by atoms with Crippen molar-refractivity contribution < 1.29 is 13.9 Å². The zero-order valence-corrected chi connectivity index (χ0v) is 20.0. The van der Waals surface area contributed by atoms with Gasteiger partial charge in [0.1, 0.15) is 11.4 Å². The highest BCUT2D eigenvalue weighted by Crippen LogP contribution is 2.39. The summed E-state index contributed by atoms with van der Waals surface area (Å²) in [6.45, 7) is 9.78. The molecule has 2 aromatic heterocycles. The number of carbonyl (C=O) groups excluding carboxylic acids is 1. The molecule has 3 heterocycles. The summed E-state index contributed by atoms with van der Waals surface area (Å²) < 4.78 is 23.8. The van der Waals surface area contributed by atoms with Gasteiger partial charge in [-0.05, 0) is 76.8 Å². The van der Waals surface area contributed by atoms with Gasteiger partial charge in [-0.3, -0.25) is 0 Å². The minimum Gasteiger partial charge on any atom is -0.444 e. The van der Waals surface area contributed by atoms with Gasteiger partial charge in [0.2, 0.25) is 0 Å². The van der Waals surface area contributed by atoms with Crippen LogP contribution < -0.4 is 0 Å². The third-order valence-corrected chi connectivity index (χ3v) is 6.82. The van der Waals surface area contributed by atoms with Crippen LogP contribution in [0.5, 0.6) is 0 Å². The first-order valence-corrected chi connectivity index (χ1v) is 12.0. The molecule has 0 bridgehead atoms. The number of para-hydroxylation sites is 1. The Balaban J connectivity index is 1.47. The lowest BCUT2D eigenvalue weighted by molar-refractivity contribution is 0.0205. The van der Waals surface area contributed by atoms with Crippen molar-refractivity contribution in [2.75, 3.05) is 13.1 Å². The number of benzene rings is 1. The van der Waals surface area contributed by atoms with Gasteiger partial charge in [0, 0.05) is 25.0 Å². The molecule has 0 unspecified atom stereocenters. The van der Waals surface area contributed by atoms with Crippen LogP contribution >= 0.6 is 0 Å². The van der Waals surface area contributed by atoms with Crippen LogP contribution in [0.1, 0.15) is 63.6 Å². The van der Waals surface area contributed by atoms with Crippen molar-refractivity contribution in [2.24, 2.45) is 5.92 Å². The molecule has 0 atom stereocenters. The second-order valence-corrected chi connectivity index (χ2v) is 10.6. The highest BCUT2D eigenvalue weighted by molar-refractivity contribution is 5.87. The molecular formula is C26H33FN4O2. The minimum atomic E-state index is -0.482. The second-order valence-electron chi connectivity index (χ2n) is 10.6. The number of rotatable bonds is 4. The lowest BCUT2D eigenvalue weighted by atomic mass is 9.88. The number of hydrogen-bond donors (Lipinski definition) is 0. The molecule has 0 radical (unpaired) electrons. The van der Waals surface area contributed by atoms with Crippen LogP contribution in [0.4, 0.5) is 9.18 Å². The van der Waals surface area contributed by atoms with Gasteiger partial charge in [-0.1, -0.05) is 18.2 Å². The maximum absolute atomic E-state index is 14.1. The molecule has 3 aromatic rings. The number of aromatic nitrogens is 3. The summed E-state index contributed by atoms with van der Waals surface area (Å²) >= 11 is 0. The van der Waals surface area contributed by atoms with E-state index in [1.165, 1.54) is 30.1 Å². The molecule has 2 aliphatic rings. The molecule has 1 aliphatic carbocycles. The summed E-state index contributed by atoms with van der Waals surface area (Å²) in [5.41, 5.74) is 2.59. The molecule has 1 aliphatic heterocycles. The van der Waals surface area contributed by atoms with E-state index < -0.39 is 5.60 Å². The topological polar surface area (TPSA) is 52.3 Å². The fourth-order valence-electron chi connectivity index (χ4n) is 4.91. The van der Waals surface area contributed by atoms with Gasteiger partial charge >= 0.3 is 6.09 Å². The van der Waals surface area contributed by atoms with Gasteiger partial charge in [0.05, 0.1) is 17.4 Å². The number of likely N-dealkylation sites (tertiary alicyclic amines) is 1. The Morgan fingerprint density at radius 3 is 2.52 bits per heavy atom. The molecule has 33 heavy (non-hydrogen) atoms. The summed E-state index contributed by atoms with van der Waals surface area (Å²) in [6, 6.07) is 8.60. The van der Waals surface area contributed by atoms with Crippen molar-refractivity contribution in [1.29, 1.82) is 0 Å². The lowest BCUT2D eigenvalue weighted by Gasteiger charge is -2.34. The Labute approximate surface area is 194 Å². The zero-order valence-electron chi connectivity index (χ0n) is 20.0. The normalized spacial score (nSPS) is 17.7. The van der Waals surface area contributed by atoms with Gasteiger partial charge in [0.15, 0.2) is 5.82 Å². The van der Waals surface area contributed by atoms with Crippen LogP contribution in [0.15, 0.2) is 30.5 Å². The molecule has 2 fully saturated rings. The van der Waals surface area contributed by atoms with E-state index in [-0.39, 0.29) is 11.9 Å². The second kappa shape index (κ2) is 8.19. The predicted octanol–water partition coefficient (Wildman–Crippen LogP) is 5.80. The minimum absolute atomic E-state index is 0.227. The van der Waals surface area contributed by atoms with Crippen molar-refractivity contribution in [3.63, 3.8) is 0 Å². The number of nitrogens with zero attached hydrogens (tertiary/aromatic N) is 4. The van der Waals surface area contributed by atoms with Gasteiger partial charge in [-0.15, -0.1) is 0 Å². The molecule has 0 spiro atoms. The number of fused-ring (bicyclic) bond motifs is 1. The predicted molar refractivity (Wildman–Crippen MR) is 126 cm³/mol. The number of piperidine rings is 1. The summed E-state index contributed by atoms with van der Waals surface area (Å²) in [4.78, 5) is 14.3. The summed E-state index contributed by atoms with van der Waals surface area (Å²) in [5, 5.41) is 5.49. The average molecular weight is 453 g/mol. The van der Waals surface area contributed by atoms with Gasteiger partial charge < -0.3 is 14.2 Å². The zero-order chi connectivity index (χ0) is 23.3. The maximum Gasteiger partial charge on any atom is 0.410 e. The lowest BCUT2D eigenvalue weighted by Crippen LogP contribution is -2.41. The first-order valence-electron chi connectivity index (χ1n) is 12.0. The Bertz CT molecular complexity index is 1180. The van der Waals surface area contributed by atoms with Crippen LogP contribution in [-0.2, 0) is 11.3 Å². The van der Waals surface area contributed by atoms with E-state index in [4.69, 9.17) is 4.74 Å². The van der Waals surface area contributed by atoms with Crippen molar-refractivity contribution >= 4 is 17.0 Å². The van der Waals surface area contributed by atoms with Gasteiger partial charge in [0.25, 0.3) is 0 Å². The van der Waals surface area contributed by atoms with Crippen molar-refractivity contribution in [3.8, 4) is 5.82 Å². The largest absolute Gasteiger partial charge is 0.444 e. The molecular weight excluding hydrogens is 419 g/mol. The molecule has 1 amide bonds. The average Bonchev–Trinajstić information content (AvgIpc) is 3.44. The van der Waals surface area contributed by atoms with Crippen LogP contribution in [0.2, 0.25) is 0 Å². The first kappa shape index (κ1) is 22.0. The Morgan fingerprint density at radius 2 is 1.91 bits per heavy atom. The highest BCUT2D eigenvalue weighted by atomic mass is 19.1. The number of halogens is 1. The SMILES string of the molecule is Cc1c(F)cnn1-c1cc2cccc(C3CCN(C(=O)OC(C)(C)C)CC3)c2n1CC1CC1. The fraction of sp³-hybridized carbons (Fsp3) is 0.538. The monoisotopic (exact) mass is 452 g/mol. The third-order valence-electron chi connectivity index (χ3n) is 6.82. The molecule has 1 saturated carbocycles. The van der Waals surface area contributed by atoms with E-state index in [0.29, 0.717) is 30.6 Å². The van der Waals surface area contributed by atoms with E-state index in [2.05, 4.69) is 33.9 Å². The number of carbonyl (C=O) groups is 1. The van der Waals surface area contributed by atoms with E-state index in [9.17, 15) is 9.18 Å². The van der Waals surface area contributed by atoms with E-state index in [1.807, 2.05) is 25.7 Å². The first-order chi connectivity index (χ1) is 15.7. The van der Waals surface area contributed by atoms with Gasteiger partial charge in [-0.25, -0.2) is 13.9 Å². The smallest absolute Gasteiger partial charge is 0.410 e. The van der Waals surface area contributed by atoms with Gasteiger partial charge in [-0.2, -0.15) is 5.10 Å². The summed E-state index contributed by atoms with van der Waals surface area (Å²) in [5.74, 6) is 1.68. The summed E-state index contributed by atoms with van der Waals surface area (Å²) in [7, 11) is 0. The van der Waals surface area contributed by atoms with Crippen LogP contribution in [-0.4, -0.2) is 44.0 Å². The molecule has 5 rings (SSSR count). The molecule has 0 N–H and O–H groups in total. The fourth-order valence-corrected chi connectivity index (χ4v) is 4.91. The maximum atomic E-state index is 14.1. The molecule has 1 aromatic carbocycles. The van der Waals surface area contributed by atoms with E-state index >= 15 is 0 Å². The van der Waals surface area contributed by atoms with E-state index in [1.54, 1.807) is 11.6 Å². The van der Waals surface area contributed by atoms with Crippen LogP contribution in [0.3, 0.4) is 0 Å². The highest BCUT2D eigenvalue weighted by Gasteiger charge is 2.30. The molecule has 176 valence electrons. The van der Waals surface area contributed by atoms with Crippen molar-refractivity contribution in [1.82, 2.24) is 19.2 Å². The molecule has 7 heteroatoms. The Hall–Kier alpha value is -2.83. The number of hydrogen-bond acceptors (Lipinski definition) is 3. The standard InChI is InChI=1S/C26H33FN4O2/c1-17-22(27)15-28-31(17)23-14-20-6-5-7-21(24(20)30(23)16-18-8-9-18)19-10-12-29(13-11-19)25(32)33-26(2,3)4/h5-7,14-15,18-19H,8-13,16H2,1-4H3. The number of amides is 1. The van der Waals surface area contributed by atoms with Crippen molar-refractivity contribution in [3.05, 3.63) is 47.5 Å². The van der Waals surface area contributed by atoms with E-state index in [0.717, 1.165) is 30.6 Å². The van der Waals surface area contributed by atoms with Crippen LogP contribution in [0.25, 0.3) is 16.7 Å². The third kappa shape index (κ3) is 4.37. The Kier molecular flexibility index (Phi) is 5.46. The van der Waals surface area contributed by atoms with Crippen LogP contribution in [0, 0.1) is 18.7 Å². The molecule has 6 nitrogen and oxygen atoms in total.